The van der Waals surface area contributed by atoms with Gasteiger partial charge in [0, 0.05) is 11.6 Å². The van der Waals surface area contributed by atoms with Crippen LogP contribution in [0.5, 0.6) is 11.5 Å². The maximum atomic E-state index is 12.7. The number of aryl methyl sites for hydroxylation is 1. The number of esters is 1. The van der Waals surface area contributed by atoms with Gasteiger partial charge in [-0.25, -0.2) is 4.79 Å². The summed E-state index contributed by atoms with van der Waals surface area (Å²) >= 11 is 12.3. The van der Waals surface area contributed by atoms with Crippen LogP contribution < -0.4 is 20.1 Å². The van der Waals surface area contributed by atoms with Gasteiger partial charge >= 0.3 is 5.97 Å². The third kappa shape index (κ3) is 7.00. The van der Waals surface area contributed by atoms with Crippen molar-refractivity contribution in [1.29, 1.82) is 0 Å². The third-order valence-corrected chi connectivity index (χ3v) is 5.52. The largest absolute Gasteiger partial charge is 0.497 e. The SMILES string of the molecule is COc1cc(OC)cc(C(=O)N[C@H](C(=O)OCC(=O)Nc2c(Cl)ccc(C)c2Cl)C(C)C)c1. The Morgan fingerprint density at radius 1 is 1.00 bits per heavy atom. The molecule has 0 saturated carbocycles. The van der Waals surface area contributed by atoms with E-state index in [2.05, 4.69) is 10.6 Å². The molecule has 0 heterocycles. The molecule has 2 rings (SSSR count). The van der Waals surface area contributed by atoms with Crippen LogP contribution in [0.15, 0.2) is 30.3 Å². The molecule has 0 fully saturated rings. The average Bonchev–Trinajstić information content (AvgIpc) is 2.80. The van der Waals surface area contributed by atoms with E-state index in [1.165, 1.54) is 26.4 Å². The molecule has 178 valence electrons. The van der Waals surface area contributed by atoms with E-state index in [0.29, 0.717) is 16.5 Å². The third-order valence-electron chi connectivity index (χ3n) is 4.71. The lowest BCUT2D eigenvalue weighted by atomic mass is 10.0. The van der Waals surface area contributed by atoms with Gasteiger partial charge in [0.05, 0.1) is 30.0 Å². The standard InChI is InChI=1S/C23H26Cl2N2O6/c1-12(2)20(27-22(29)14-8-15(31-4)10-16(9-14)32-5)23(30)33-11-18(28)26-21-17(24)7-6-13(3)19(21)25/h6-10,12,20H,11H2,1-5H3,(H,26,28)(H,27,29)/t20-/m0/s1. The summed E-state index contributed by atoms with van der Waals surface area (Å²) in [5.41, 5.74) is 1.20. The van der Waals surface area contributed by atoms with Gasteiger partial charge in [-0.1, -0.05) is 43.1 Å². The first-order chi connectivity index (χ1) is 15.6. The quantitative estimate of drug-likeness (QED) is 0.502. The molecule has 0 bridgehead atoms. The molecule has 0 aliphatic carbocycles. The summed E-state index contributed by atoms with van der Waals surface area (Å²) in [5.74, 6) is -1.36. The van der Waals surface area contributed by atoms with Crippen LogP contribution in [0.4, 0.5) is 5.69 Å². The van der Waals surface area contributed by atoms with E-state index in [4.69, 9.17) is 37.4 Å². The Morgan fingerprint density at radius 2 is 1.61 bits per heavy atom. The van der Waals surface area contributed by atoms with Crippen molar-refractivity contribution < 1.29 is 28.6 Å². The number of carbonyl (C=O) groups is 3. The van der Waals surface area contributed by atoms with Crippen molar-refractivity contribution >= 4 is 46.7 Å². The van der Waals surface area contributed by atoms with Gasteiger partial charge in [0.15, 0.2) is 6.61 Å². The Labute approximate surface area is 202 Å². The molecular formula is C23H26Cl2N2O6. The molecule has 2 N–H and O–H groups in total. The number of ether oxygens (including phenoxy) is 3. The minimum Gasteiger partial charge on any atom is -0.497 e. The number of halogens is 2. The van der Waals surface area contributed by atoms with Gasteiger partial charge in [0.2, 0.25) is 0 Å². The lowest BCUT2D eigenvalue weighted by molar-refractivity contribution is -0.150. The zero-order chi connectivity index (χ0) is 24.7. The number of anilines is 1. The molecule has 2 aromatic carbocycles. The maximum Gasteiger partial charge on any atom is 0.329 e. The Bertz CT molecular complexity index is 1020. The van der Waals surface area contributed by atoms with Crippen molar-refractivity contribution in [3.05, 3.63) is 51.5 Å². The molecule has 0 radical (unpaired) electrons. The van der Waals surface area contributed by atoms with E-state index in [9.17, 15) is 14.4 Å². The molecule has 8 nitrogen and oxygen atoms in total. The summed E-state index contributed by atoms with van der Waals surface area (Å²) in [6, 6.07) is 6.98. The first-order valence-electron chi connectivity index (χ1n) is 10.0. The van der Waals surface area contributed by atoms with Crippen LogP contribution in [0.25, 0.3) is 0 Å². The molecule has 0 spiro atoms. The second kappa shape index (κ2) is 11.8. The van der Waals surface area contributed by atoms with Crippen molar-refractivity contribution in [1.82, 2.24) is 5.32 Å². The summed E-state index contributed by atoms with van der Waals surface area (Å²) in [4.78, 5) is 37.7. The van der Waals surface area contributed by atoms with Crippen molar-refractivity contribution in [2.24, 2.45) is 5.92 Å². The van der Waals surface area contributed by atoms with Crippen molar-refractivity contribution in [2.45, 2.75) is 26.8 Å². The van der Waals surface area contributed by atoms with Gasteiger partial charge < -0.3 is 24.8 Å². The van der Waals surface area contributed by atoms with E-state index in [1.54, 1.807) is 39.0 Å². The highest BCUT2D eigenvalue weighted by atomic mass is 35.5. The molecule has 1 atom stereocenters. The number of carbonyl (C=O) groups excluding carboxylic acids is 3. The summed E-state index contributed by atoms with van der Waals surface area (Å²) in [7, 11) is 2.93. The lowest BCUT2D eigenvalue weighted by Gasteiger charge is -2.21. The second-order valence-corrected chi connectivity index (χ2v) is 8.29. The van der Waals surface area contributed by atoms with Gasteiger partial charge in [-0.2, -0.15) is 0 Å². The first-order valence-corrected chi connectivity index (χ1v) is 10.8. The minimum absolute atomic E-state index is 0.236. The topological polar surface area (TPSA) is 103 Å². The highest BCUT2D eigenvalue weighted by Crippen LogP contribution is 2.32. The van der Waals surface area contributed by atoms with Crippen LogP contribution >= 0.6 is 23.2 Å². The summed E-state index contributed by atoms with van der Waals surface area (Å²) in [5, 5.41) is 5.73. The average molecular weight is 497 g/mol. The fourth-order valence-corrected chi connectivity index (χ4v) is 3.30. The number of benzene rings is 2. The lowest BCUT2D eigenvalue weighted by Crippen LogP contribution is -2.46. The molecule has 0 aliphatic heterocycles. The molecule has 2 aromatic rings. The number of hydrogen-bond donors (Lipinski definition) is 2. The van der Waals surface area contributed by atoms with Crippen LogP contribution in [0, 0.1) is 12.8 Å². The summed E-state index contributed by atoms with van der Waals surface area (Å²) < 4.78 is 15.5. The van der Waals surface area contributed by atoms with Crippen LogP contribution in [-0.2, 0) is 14.3 Å². The summed E-state index contributed by atoms with van der Waals surface area (Å²) in [6.45, 7) is 4.67. The number of rotatable bonds is 9. The Kier molecular flexibility index (Phi) is 9.37. The summed E-state index contributed by atoms with van der Waals surface area (Å²) in [6.07, 6.45) is 0. The first kappa shape index (κ1) is 26.3. The Morgan fingerprint density at radius 3 is 2.15 bits per heavy atom. The number of methoxy groups -OCH3 is 2. The van der Waals surface area contributed by atoms with Crippen LogP contribution in [0.3, 0.4) is 0 Å². The highest BCUT2D eigenvalue weighted by Gasteiger charge is 2.27. The highest BCUT2D eigenvalue weighted by molar-refractivity contribution is 6.40. The number of hydrogen-bond acceptors (Lipinski definition) is 6. The normalized spacial score (nSPS) is 11.5. The van der Waals surface area contributed by atoms with Crippen LogP contribution in [0.1, 0.15) is 29.8 Å². The van der Waals surface area contributed by atoms with E-state index in [1.807, 2.05) is 0 Å². The predicted octanol–water partition coefficient (Wildman–Crippen LogP) is 4.26. The monoisotopic (exact) mass is 496 g/mol. The van der Waals surface area contributed by atoms with E-state index < -0.39 is 30.4 Å². The van der Waals surface area contributed by atoms with Gasteiger partial charge in [-0.3, -0.25) is 9.59 Å². The maximum absolute atomic E-state index is 12.7. The molecule has 2 amide bonds. The molecule has 10 heteroatoms. The Balaban J connectivity index is 2.05. The molecule has 0 saturated heterocycles. The van der Waals surface area contributed by atoms with Crippen molar-refractivity contribution in [2.75, 3.05) is 26.1 Å². The minimum atomic E-state index is -0.992. The number of amides is 2. The van der Waals surface area contributed by atoms with Crippen LogP contribution in [-0.4, -0.2) is 44.7 Å². The zero-order valence-electron chi connectivity index (χ0n) is 19.0. The van der Waals surface area contributed by atoms with E-state index in [0.717, 1.165) is 5.56 Å². The van der Waals surface area contributed by atoms with Gasteiger partial charge in [-0.05, 0) is 36.6 Å². The molecular weight excluding hydrogens is 471 g/mol. The van der Waals surface area contributed by atoms with Crippen LogP contribution in [0.2, 0.25) is 10.0 Å². The molecule has 0 unspecified atom stereocenters. The molecule has 33 heavy (non-hydrogen) atoms. The molecule has 0 aliphatic rings. The Hall–Kier alpha value is -2.97. The second-order valence-electron chi connectivity index (χ2n) is 7.51. The van der Waals surface area contributed by atoms with Gasteiger partial charge in [-0.15, -0.1) is 0 Å². The zero-order valence-corrected chi connectivity index (χ0v) is 20.5. The van der Waals surface area contributed by atoms with Gasteiger partial charge in [0.25, 0.3) is 11.8 Å². The fourth-order valence-electron chi connectivity index (χ4n) is 2.83. The van der Waals surface area contributed by atoms with E-state index >= 15 is 0 Å². The van der Waals surface area contributed by atoms with Gasteiger partial charge in [0.1, 0.15) is 17.5 Å². The number of nitrogens with one attached hydrogen (secondary N) is 2. The van der Waals surface area contributed by atoms with Crippen molar-refractivity contribution in [3.8, 4) is 11.5 Å². The van der Waals surface area contributed by atoms with E-state index in [-0.39, 0.29) is 22.2 Å². The fraction of sp³-hybridized carbons (Fsp3) is 0.348. The predicted molar refractivity (Wildman–Crippen MR) is 126 cm³/mol. The smallest absolute Gasteiger partial charge is 0.329 e. The van der Waals surface area contributed by atoms with Crippen molar-refractivity contribution in [3.63, 3.8) is 0 Å². The molecule has 0 aromatic heterocycles.